The molecule has 0 bridgehead atoms. The first-order chi connectivity index (χ1) is 8.43. The molecule has 1 fully saturated rings. The predicted molar refractivity (Wildman–Crippen MR) is 64.0 cm³/mol. The van der Waals surface area contributed by atoms with E-state index in [2.05, 4.69) is 18.5 Å². The minimum absolute atomic E-state index is 0. The van der Waals surface area contributed by atoms with Crippen LogP contribution in [-0.4, -0.2) is 10.9 Å². The normalized spacial score (nSPS) is 11.7. The van der Waals surface area contributed by atoms with Gasteiger partial charge in [0.1, 0.15) is 5.71 Å². The minimum Gasteiger partial charge on any atom is -0.469 e. The SMILES string of the molecule is [C-]#[O+].[C-]#[O+].[OH2+]N=C1CCCCC1.[W+2].c1cc[cH-]c1. The van der Waals surface area contributed by atoms with Gasteiger partial charge in [0, 0.05) is 5.16 Å². The van der Waals surface area contributed by atoms with Crippen LogP contribution in [0.4, 0.5) is 0 Å². The molecule has 0 aliphatic heterocycles. The van der Waals surface area contributed by atoms with Gasteiger partial charge in [-0.2, -0.15) is 18.2 Å². The van der Waals surface area contributed by atoms with Crippen molar-refractivity contribution >= 4 is 5.71 Å². The molecule has 0 unspecified atom stereocenters. The molecular formula is C13H17NO3W+2. The molecule has 0 atom stereocenters. The van der Waals surface area contributed by atoms with E-state index in [1.54, 1.807) is 0 Å². The van der Waals surface area contributed by atoms with E-state index < -0.39 is 0 Å². The Morgan fingerprint density at radius 1 is 1.00 bits per heavy atom. The van der Waals surface area contributed by atoms with Crippen molar-refractivity contribution in [3.8, 4) is 0 Å². The zero-order valence-corrected chi connectivity index (χ0v) is 13.0. The Labute approximate surface area is 122 Å². The third kappa shape index (κ3) is 15.0. The van der Waals surface area contributed by atoms with Crippen LogP contribution < -0.4 is 0 Å². The molecule has 2 N–H and O–H groups in total. The van der Waals surface area contributed by atoms with Gasteiger partial charge in [0.15, 0.2) is 0 Å². The predicted octanol–water partition coefficient (Wildman–Crippen LogP) is 2.36. The first-order valence-corrected chi connectivity index (χ1v) is 5.23. The first kappa shape index (κ1) is 22.2. The second kappa shape index (κ2) is 21.3. The third-order valence-electron chi connectivity index (χ3n) is 2.14. The second-order valence-corrected chi connectivity index (χ2v) is 3.20. The zero-order valence-electron chi connectivity index (χ0n) is 10.1. The topological polar surface area (TPSA) is 75.1 Å². The van der Waals surface area contributed by atoms with E-state index in [9.17, 15) is 0 Å². The fraction of sp³-hybridized carbons (Fsp3) is 0.385. The van der Waals surface area contributed by atoms with Crippen molar-refractivity contribution in [2.75, 3.05) is 0 Å². The van der Waals surface area contributed by atoms with E-state index in [-0.39, 0.29) is 21.1 Å². The average Bonchev–Trinajstić information content (AvgIpc) is 3.03. The van der Waals surface area contributed by atoms with Crippen LogP contribution in [0.1, 0.15) is 32.1 Å². The van der Waals surface area contributed by atoms with Crippen LogP contribution in [0.15, 0.2) is 35.5 Å². The Hall–Kier alpha value is -1.01. The van der Waals surface area contributed by atoms with Crippen LogP contribution in [0.2, 0.25) is 0 Å². The molecule has 1 aliphatic rings. The second-order valence-electron chi connectivity index (χ2n) is 3.20. The van der Waals surface area contributed by atoms with E-state index in [1.807, 2.05) is 30.3 Å². The summed E-state index contributed by atoms with van der Waals surface area (Å²) in [6.07, 6.45) is 5.97. The molecule has 4 nitrogen and oxygen atoms in total. The van der Waals surface area contributed by atoms with Crippen molar-refractivity contribution in [2.45, 2.75) is 32.1 Å². The molecule has 96 valence electrons. The maximum Gasteiger partial charge on any atom is 2.00 e. The van der Waals surface area contributed by atoms with Gasteiger partial charge in [-0.15, -0.1) is 0 Å². The molecule has 0 saturated heterocycles. The van der Waals surface area contributed by atoms with E-state index in [0.29, 0.717) is 0 Å². The van der Waals surface area contributed by atoms with E-state index >= 15 is 0 Å². The smallest absolute Gasteiger partial charge is 0.469 e. The zero-order chi connectivity index (χ0) is 13.4. The van der Waals surface area contributed by atoms with Crippen LogP contribution in [-0.2, 0) is 30.4 Å². The van der Waals surface area contributed by atoms with Crippen molar-refractivity contribution in [1.29, 1.82) is 0 Å². The van der Waals surface area contributed by atoms with Crippen LogP contribution in [0.5, 0.6) is 0 Å². The van der Waals surface area contributed by atoms with Crippen LogP contribution in [0.25, 0.3) is 0 Å². The molecule has 0 amide bonds. The van der Waals surface area contributed by atoms with E-state index in [4.69, 9.17) is 14.5 Å². The van der Waals surface area contributed by atoms with Crippen molar-refractivity contribution in [3.05, 3.63) is 43.6 Å². The monoisotopic (exact) mass is 419 g/mol. The Balaban J connectivity index is -0.000000196. The standard InChI is InChI=1S/C6H11NO.C5H5.2CO.W/c8-7-6-4-2-1-3-5-6;1-2-4-5-3-1;2*1-2;/h8H,1-5H2;1-5H;;;/q;-1;;;+2/p+1. The van der Waals surface area contributed by atoms with Gasteiger partial charge in [-0.1, -0.05) is 6.42 Å². The van der Waals surface area contributed by atoms with Crippen molar-refractivity contribution in [2.24, 2.45) is 5.16 Å². The van der Waals surface area contributed by atoms with Gasteiger partial charge in [0.25, 0.3) is 0 Å². The van der Waals surface area contributed by atoms with E-state index in [1.165, 1.54) is 19.3 Å². The molecule has 0 heterocycles. The minimum atomic E-state index is 0. The van der Waals surface area contributed by atoms with Gasteiger partial charge in [0.2, 0.25) is 0 Å². The Morgan fingerprint density at radius 3 is 1.67 bits per heavy atom. The van der Waals surface area contributed by atoms with Gasteiger partial charge < -0.3 is 5.21 Å². The number of hydrogen-bond acceptors (Lipinski definition) is 1. The van der Waals surface area contributed by atoms with Crippen molar-refractivity contribution < 1.29 is 35.6 Å². The molecule has 5 heteroatoms. The van der Waals surface area contributed by atoms with Crippen molar-refractivity contribution in [3.63, 3.8) is 0 Å². The number of rotatable bonds is 0. The largest absolute Gasteiger partial charge is 2.00 e. The van der Waals surface area contributed by atoms with Gasteiger partial charge in [-0.05, 0) is 25.7 Å². The molecule has 0 aromatic heterocycles. The Morgan fingerprint density at radius 2 is 1.44 bits per heavy atom. The summed E-state index contributed by atoms with van der Waals surface area (Å²) in [4.78, 5) is 0. The van der Waals surface area contributed by atoms with Gasteiger partial charge in [-0.25, -0.2) is 12.1 Å². The summed E-state index contributed by atoms with van der Waals surface area (Å²) >= 11 is 0. The average molecular weight is 419 g/mol. The fourth-order valence-electron chi connectivity index (χ4n) is 1.39. The summed E-state index contributed by atoms with van der Waals surface area (Å²) in [7, 11) is 0. The van der Waals surface area contributed by atoms with Gasteiger partial charge in [0.05, 0.1) is 0 Å². The van der Waals surface area contributed by atoms with Crippen LogP contribution in [0.3, 0.4) is 0 Å². The van der Waals surface area contributed by atoms with Crippen LogP contribution >= 0.6 is 0 Å². The Bertz CT molecular complexity index is 273. The molecule has 1 aliphatic carbocycles. The quantitative estimate of drug-likeness (QED) is 0.352. The summed E-state index contributed by atoms with van der Waals surface area (Å²) in [5.41, 5.74) is 1.09. The molecule has 1 saturated carbocycles. The van der Waals surface area contributed by atoms with Gasteiger partial charge in [-0.3, -0.25) is 0 Å². The summed E-state index contributed by atoms with van der Waals surface area (Å²) in [6, 6.07) is 10.0. The Kier molecular flexibility index (Phi) is 26.3. The van der Waals surface area contributed by atoms with E-state index in [0.717, 1.165) is 18.6 Å². The summed E-state index contributed by atoms with van der Waals surface area (Å²) in [5, 5.41) is 10.1. The maximum absolute atomic E-state index is 7.50. The maximum atomic E-state index is 7.50. The first-order valence-electron chi connectivity index (χ1n) is 5.23. The molecule has 1 aromatic carbocycles. The molecular weight excluding hydrogens is 402 g/mol. The third-order valence-corrected chi connectivity index (χ3v) is 2.14. The number of nitrogens with zero attached hydrogens (tertiary/aromatic N) is 1. The summed E-state index contributed by atoms with van der Waals surface area (Å²) < 4.78 is 15.0. The molecule has 2 rings (SSSR count). The summed E-state index contributed by atoms with van der Waals surface area (Å²) in [6.45, 7) is 9.00. The molecule has 0 radical (unpaired) electrons. The van der Waals surface area contributed by atoms with Crippen molar-refractivity contribution in [1.82, 2.24) is 0 Å². The number of hydrogen-bond donors (Lipinski definition) is 0. The van der Waals surface area contributed by atoms with Crippen LogP contribution in [0, 0.1) is 13.3 Å². The molecule has 1 aromatic rings. The molecule has 18 heavy (non-hydrogen) atoms. The fourth-order valence-corrected chi connectivity index (χ4v) is 1.39. The molecule has 0 spiro atoms. The van der Waals surface area contributed by atoms with Gasteiger partial charge >= 0.3 is 43.7 Å². The summed E-state index contributed by atoms with van der Waals surface area (Å²) in [5.74, 6) is 0.